The molecule has 2 bridgehead atoms. The zero-order valence-corrected chi connectivity index (χ0v) is 21.2. The molecular weight excluding hydrogens is 485 g/mol. The van der Waals surface area contributed by atoms with E-state index in [4.69, 9.17) is 4.74 Å². The molecule has 1 amide bonds. The number of likely N-dealkylation sites (N-methyl/N-ethyl adjacent to an activating group) is 1. The van der Waals surface area contributed by atoms with Crippen LogP contribution in [0.25, 0.3) is 22.3 Å². The summed E-state index contributed by atoms with van der Waals surface area (Å²) < 4.78 is 49.3. The number of benzene rings is 1. The van der Waals surface area contributed by atoms with E-state index >= 15 is 0 Å². The first kappa shape index (κ1) is 25.3. The minimum atomic E-state index is -4.62. The van der Waals surface area contributed by atoms with E-state index in [9.17, 15) is 18.0 Å². The number of carbonyl (C=O) groups is 1. The number of piperidine rings is 1. The molecule has 198 valence electrons. The molecule has 37 heavy (non-hydrogen) atoms. The third-order valence-corrected chi connectivity index (χ3v) is 7.50. The molecule has 5 rings (SSSR count). The van der Waals surface area contributed by atoms with Gasteiger partial charge in [-0.05, 0) is 49.4 Å². The lowest BCUT2D eigenvalue weighted by Crippen LogP contribution is -2.43. The van der Waals surface area contributed by atoms with Crippen LogP contribution in [0.4, 0.5) is 19.0 Å². The molecule has 0 spiro atoms. The predicted molar refractivity (Wildman–Crippen MR) is 134 cm³/mol. The Bertz CT molecular complexity index is 1310. The summed E-state index contributed by atoms with van der Waals surface area (Å²) in [6.07, 6.45) is 0.557. The van der Waals surface area contributed by atoms with Crippen molar-refractivity contribution in [2.45, 2.75) is 31.5 Å². The Morgan fingerprint density at radius 3 is 2.76 bits per heavy atom. The van der Waals surface area contributed by atoms with Gasteiger partial charge in [-0.15, -0.1) is 0 Å². The van der Waals surface area contributed by atoms with Crippen LogP contribution < -0.4 is 10.1 Å². The van der Waals surface area contributed by atoms with Crippen molar-refractivity contribution < 1.29 is 22.7 Å². The van der Waals surface area contributed by atoms with Gasteiger partial charge in [-0.1, -0.05) is 0 Å². The van der Waals surface area contributed by atoms with Crippen LogP contribution >= 0.6 is 0 Å². The molecular formula is C26H31F3N6O2. The third kappa shape index (κ3) is 5.09. The maximum Gasteiger partial charge on any atom is 0.419 e. The minimum Gasteiger partial charge on any atom is -0.491 e. The highest BCUT2D eigenvalue weighted by molar-refractivity contribution is 5.89. The van der Waals surface area contributed by atoms with Gasteiger partial charge in [0.05, 0.1) is 36.2 Å². The molecule has 0 radical (unpaired) electrons. The zero-order valence-electron chi connectivity index (χ0n) is 21.2. The molecule has 11 heteroatoms. The van der Waals surface area contributed by atoms with Crippen molar-refractivity contribution in [1.29, 1.82) is 0 Å². The fraction of sp³-hybridized carbons (Fsp3) is 0.500. The maximum absolute atomic E-state index is 14.0. The van der Waals surface area contributed by atoms with Crippen molar-refractivity contribution >= 4 is 22.8 Å². The van der Waals surface area contributed by atoms with Gasteiger partial charge in [-0.25, -0.2) is 9.97 Å². The van der Waals surface area contributed by atoms with Crippen LogP contribution in [-0.2, 0) is 18.0 Å². The number of fused-ring (bicyclic) bond motifs is 3. The van der Waals surface area contributed by atoms with E-state index in [0.29, 0.717) is 41.1 Å². The fourth-order valence-electron chi connectivity index (χ4n) is 5.42. The van der Waals surface area contributed by atoms with Gasteiger partial charge in [0.25, 0.3) is 0 Å². The number of pyridine rings is 1. The van der Waals surface area contributed by atoms with E-state index in [0.717, 1.165) is 31.0 Å². The predicted octanol–water partition coefficient (Wildman–Crippen LogP) is 4.02. The highest BCUT2D eigenvalue weighted by Gasteiger charge is 2.38. The topological polar surface area (TPSA) is 75.5 Å². The Morgan fingerprint density at radius 1 is 1.27 bits per heavy atom. The van der Waals surface area contributed by atoms with E-state index in [-0.39, 0.29) is 24.8 Å². The van der Waals surface area contributed by atoms with Gasteiger partial charge in [0.1, 0.15) is 17.9 Å². The van der Waals surface area contributed by atoms with Crippen molar-refractivity contribution in [2.75, 3.05) is 45.7 Å². The quantitative estimate of drug-likeness (QED) is 0.488. The number of carbonyl (C=O) groups excluding carboxylic acids is 1. The molecule has 3 heterocycles. The largest absolute Gasteiger partial charge is 0.491 e. The molecule has 2 fully saturated rings. The number of halogens is 3. The molecule has 2 aromatic heterocycles. The first-order valence-corrected chi connectivity index (χ1v) is 12.5. The summed E-state index contributed by atoms with van der Waals surface area (Å²) in [4.78, 5) is 25.2. The smallest absolute Gasteiger partial charge is 0.419 e. The SMILES string of the molecule is CNc1nc(-c2ccc(OCCN(C)C(=O)CN3C[C@@H]4CC[C@H]3C4)c(C(F)(F)F)c2)cc2c1ncn2C. The fourth-order valence-corrected chi connectivity index (χ4v) is 5.42. The second-order valence-corrected chi connectivity index (χ2v) is 9.96. The van der Waals surface area contributed by atoms with E-state index in [1.165, 1.54) is 17.4 Å². The van der Waals surface area contributed by atoms with E-state index in [1.807, 2.05) is 7.05 Å². The van der Waals surface area contributed by atoms with Gasteiger partial charge in [0.2, 0.25) is 5.91 Å². The summed E-state index contributed by atoms with van der Waals surface area (Å²) in [5, 5.41) is 2.96. The number of hydrogen-bond acceptors (Lipinski definition) is 6. The number of amides is 1. The lowest BCUT2D eigenvalue weighted by molar-refractivity contribution is -0.139. The summed E-state index contributed by atoms with van der Waals surface area (Å²) in [5.74, 6) is 0.863. The molecule has 1 aromatic carbocycles. The van der Waals surface area contributed by atoms with Crippen molar-refractivity contribution in [1.82, 2.24) is 24.3 Å². The average Bonchev–Trinajstić information content (AvgIpc) is 3.59. The molecule has 0 unspecified atom stereocenters. The van der Waals surface area contributed by atoms with Crippen LogP contribution in [0.15, 0.2) is 30.6 Å². The summed E-state index contributed by atoms with van der Waals surface area (Å²) >= 11 is 0. The van der Waals surface area contributed by atoms with Crippen LogP contribution in [0.5, 0.6) is 5.75 Å². The number of aromatic nitrogens is 3. The maximum atomic E-state index is 14.0. The van der Waals surface area contributed by atoms with Crippen LogP contribution in [0.3, 0.4) is 0 Å². The number of aryl methyl sites for hydroxylation is 1. The van der Waals surface area contributed by atoms with Crippen molar-refractivity contribution in [2.24, 2.45) is 13.0 Å². The lowest BCUT2D eigenvalue weighted by Gasteiger charge is -2.28. The Balaban J connectivity index is 1.28. The van der Waals surface area contributed by atoms with Gasteiger partial charge in [0.15, 0.2) is 5.82 Å². The molecule has 3 aromatic rings. The summed E-state index contributed by atoms with van der Waals surface area (Å²) in [5.41, 5.74) is 1.20. The van der Waals surface area contributed by atoms with Gasteiger partial charge in [0, 0.05) is 39.3 Å². The Hall–Kier alpha value is -3.34. The van der Waals surface area contributed by atoms with Gasteiger partial charge >= 0.3 is 6.18 Å². The van der Waals surface area contributed by atoms with Crippen LogP contribution in [-0.4, -0.2) is 76.6 Å². The van der Waals surface area contributed by atoms with Gasteiger partial charge in [-0.2, -0.15) is 13.2 Å². The molecule has 1 aliphatic heterocycles. The van der Waals surface area contributed by atoms with Gasteiger partial charge in [-0.3, -0.25) is 9.69 Å². The van der Waals surface area contributed by atoms with Crippen LogP contribution in [0.1, 0.15) is 24.8 Å². The van der Waals surface area contributed by atoms with E-state index in [2.05, 4.69) is 20.2 Å². The molecule has 1 aliphatic carbocycles. The van der Waals surface area contributed by atoms with Gasteiger partial charge < -0.3 is 19.5 Å². The van der Waals surface area contributed by atoms with E-state index < -0.39 is 11.7 Å². The average molecular weight is 517 g/mol. The Morgan fingerprint density at radius 2 is 2.08 bits per heavy atom. The highest BCUT2D eigenvalue weighted by atomic mass is 19.4. The Labute approximate surface area is 213 Å². The molecule has 2 aliphatic rings. The number of hydrogen-bond donors (Lipinski definition) is 1. The molecule has 1 N–H and O–H groups in total. The lowest BCUT2D eigenvalue weighted by atomic mass is 10.1. The first-order valence-electron chi connectivity index (χ1n) is 12.5. The molecule has 8 nitrogen and oxygen atoms in total. The molecule has 1 saturated heterocycles. The summed E-state index contributed by atoms with van der Waals surface area (Å²) in [6, 6.07) is 6.13. The zero-order chi connectivity index (χ0) is 26.3. The second kappa shape index (κ2) is 9.85. The standard InChI is InChI=1S/C26H31F3N6O2/c1-30-25-24-21(34(3)15-31-24)12-20(32-25)17-5-7-22(19(11-17)26(27,28)29)37-9-8-33(2)23(36)14-35-13-16-4-6-18(35)10-16/h5,7,11-12,15-16,18H,4,6,8-10,13-14H2,1-3H3,(H,30,32)/t16-,18+/m1/s1. The molecule has 2 atom stereocenters. The number of likely N-dealkylation sites (tertiary alicyclic amines) is 1. The van der Waals surface area contributed by atoms with Crippen molar-refractivity contribution in [3.05, 3.63) is 36.2 Å². The number of rotatable bonds is 8. The normalized spacial score (nSPS) is 19.5. The first-order chi connectivity index (χ1) is 17.6. The number of alkyl halides is 3. The summed E-state index contributed by atoms with van der Waals surface area (Å²) in [7, 11) is 5.16. The number of nitrogens with one attached hydrogen (secondary N) is 1. The monoisotopic (exact) mass is 516 g/mol. The highest BCUT2D eigenvalue weighted by Crippen LogP contribution is 2.39. The minimum absolute atomic E-state index is 0.0418. The number of ether oxygens (including phenoxy) is 1. The number of imidazole rings is 1. The van der Waals surface area contributed by atoms with Crippen LogP contribution in [0.2, 0.25) is 0 Å². The van der Waals surface area contributed by atoms with Crippen molar-refractivity contribution in [3.63, 3.8) is 0 Å². The number of anilines is 1. The summed E-state index contributed by atoms with van der Waals surface area (Å²) in [6.45, 7) is 1.47. The second-order valence-electron chi connectivity index (χ2n) is 9.96. The van der Waals surface area contributed by atoms with E-state index in [1.54, 1.807) is 37.1 Å². The molecule has 1 saturated carbocycles. The number of nitrogens with zero attached hydrogens (tertiary/aromatic N) is 5. The van der Waals surface area contributed by atoms with Crippen LogP contribution in [0, 0.1) is 5.92 Å². The van der Waals surface area contributed by atoms with Crippen molar-refractivity contribution in [3.8, 4) is 17.0 Å². The third-order valence-electron chi connectivity index (χ3n) is 7.50. The Kier molecular flexibility index (Phi) is 6.74.